The van der Waals surface area contributed by atoms with Crippen molar-refractivity contribution in [3.63, 3.8) is 0 Å². The average molecular weight is 226 g/mol. The van der Waals surface area contributed by atoms with Gasteiger partial charge in [-0.25, -0.2) is 0 Å². The van der Waals surface area contributed by atoms with Crippen LogP contribution in [0.25, 0.3) is 0 Å². The molecule has 0 aliphatic carbocycles. The summed E-state index contributed by atoms with van der Waals surface area (Å²) in [5, 5.41) is 0.768. The van der Waals surface area contributed by atoms with Crippen molar-refractivity contribution in [1.29, 1.82) is 0 Å². The lowest BCUT2D eigenvalue weighted by Gasteiger charge is -2.29. The van der Waals surface area contributed by atoms with E-state index in [9.17, 15) is 0 Å². The molecule has 0 spiro atoms. The Balaban J connectivity index is 2.06. The summed E-state index contributed by atoms with van der Waals surface area (Å²) < 4.78 is 5.89. The molecule has 2 nitrogen and oxygen atoms in total. The second-order valence-corrected chi connectivity index (χ2v) is 4.40. The van der Waals surface area contributed by atoms with E-state index in [2.05, 4.69) is 0 Å². The molecule has 0 bridgehead atoms. The van der Waals surface area contributed by atoms with Gasteiger partial charge in [-0.1, -0.05) is 23.7 Å². The van der Waals surface area contributed by atoms with E-state index in [1.54, 1.807) is 0 Å². The van der Waals surface area contributed by atoms with Gasteiger partial charge < -0.3 is 10.5 Å². The van der Waals surface area contributed by atoms with Gasteiger partial charge in [0, 0.05) is 11.6 Å². The van der Waals surface area contributed by atoms with Crippen molar-refractivity contribution < 1.29 is 4.74 Å². The van der Waals surface area contributed by atoms with E-state index in [4.69, 9.17) is 22.1 Å². The predicted octanol–water partition coefficient (Wildman–Crippen LogP) is 2.91. The van der Waals surface area contributed by atoms with Crippen molar-refractivity contribution in [2.24, 2.45) is 5.73 Å². The largest absolute Gasteiger partial charge is 0.369 e. The van der Waals surface area contributed by atoms with Crippen molar-refractivity contribution in [1.82, 2.24) is 0 Å². The number of ether oxygens (including phenoxy) is 1. The minimum atomic E-state index is 0.199. The van der Waals surface area contributed by atoms with Crippen LogP contribution in [-0.2, 0) is 4.74 Å². The molecule has 1 heterocycles. The van der Waals surface area contributed by atoms with Gasteiger partial charge in [0.1, 0.15) is 0 Å². The van der Waals surface area contributed by atoms with Crippen LogP contribution in [0.1, 0.15) is 30.9 Å². The van der Waals surface area contributed by atoms with Crippen LogP contribution in [0.5, 0.6) is 0 Å². The van der Waals surface area contributed by atoms with Gasteiger partial charge >= 0.3 is 0 Å². The summed E-state index contributed by atoms with van der Waals surface area (Å²) in [6, 6.07) is 7.89. The molecular formula is C12H16ClNO. The number of hydrogen-bond donors (Lipinski definition) is 1. The SMILES string of the molecule is NC[C@@H]1CCC[C@H](c2ccc(Cl)cc2)O1. The average Bonchev–Trinajstić information content (AvgIpc) is 2.30. The fourth-order valence-electron chi connectivity index (χ4n) is 2.00. The second kappa shape index (κ2) is 4.97. The quantitative estimate of drug-likeness (QED) is 0.840. The summed E-state index contributed by atoms with van der Waals surface area (Å²) in [5.41, 5.74) is 6.83. The van der Waals surface area contributed by atoms with Crippen LogP contribution in [0.4, 0.5) is 0 Å². The number of halogens is 1. The van der Waals surface area contributed by atoms with Gasteiger partial charge in [0.25, 0.3) is 0 Å². The molecular weight excluding hydrogens is 210 g/mol. The van der Waals surface area contributed by atoms with Gasteiger partial charge in [0.05, 0.1) is 12.2 Å². The minimum absolute atomic E-state index is 0.199. The van der Waals surface area contributed by atoms with Crippen molar-refractivity contribution in [3.05, 3.63) is 34.9 Å². The maximum Gasteiger partial charge on any atom is 0.0829 e. The predicted molar refractivity (Wildman–Crippen MR) is 62.0 cm³/mol. The van der Waals surface area contributed by atoms with Crippen LogP contribution >= 0.6 is 11.6 Å². The van der Waals surface area contributed by atoms with Crippen LogP contribution in [0.15, 0.2) is 24.3 Å². The first kappa shape index (κ1) is 10.9. The zero-order valence-electron chi connectivity index (χ0n) is 8.66. The third kappa shape index (κ3) is 2.71. The first-order valence-corrected chi connectivity index (χ1v) is 5.78. The monoisotopic (exact) mass is 225 g/mol. The molecule has 1 aromatic carbocycles. The van der Waals surface area contributed by atoms with Crippen LogP contribution in [0, 0.1) is 0 Å². The summed E-state index contributed by atoms with van der Waals surface area (Å²) in [7, 11) is 0. The molecule has 0 unspecified atom stereocenters. The molecule has 15 heavy (non-hydrogen) atoms. The Morgan fingerprint density at radius 2 is 2.00 bits per heavy atom. The summed E-state index contributed by atoms with van der Waals surface area (Å²) in [6.07, 6.45) is 3.78. The van der Waals surface area contributed by atoms with Crippen molar-refractivity contribution in [3.8, 4) is 0 Å². The van der Waals surface area contributed by atoms with Gasteiger partial charge in [-0.2, -0.15) is 0 Å². The van der Waals surface area contributed by atoms with E-state index in [1.807, 2.05) is 24.3 Å². The molecule has 1 aliphatic heterocycles. The number of hydrogen-bond acceptors (Lipinski definition) is 2. The van der Waals surface area contributed by atoms with Crippen molar-refractivity contribution >= 4 is 11.6 Å². The van der Waals surface area contributed by atoms with Gasteiger partial charge in [-0.15, -0.1) is 0 Å². The third-order valence-corrected chi connectivity index (χ3v) is 3.11. The number of nitrogens with two attached hydrogens (primary N) is 1. The van der Waals surface area contributed by atoms with Gasteiger partial charge in [-0.05, 0) is 37.0 Å². The molecule has 0 amide bonds. The molecule has 2 N–H and O–H groups in total. The molecule has 2 atom stereocenters. The summed E-state index contributed by atoms with van der Waals surface area (Å²) in [4.78, 5) is 0. The normalized spacial score (nSPS) is 26.5. The smallest absolute Gasteiger partial charge is 0.0829 e. The van der Waals surface area contributed by atoms with E-state index in [0.717, 1.165) is 17.9 Å². The van der Waals surface area contributed by atoms with Gasteiger partial charge in [0.15, 0.2) is 0 Å². The molecule has 1 fully saturated rings. The number of rotatable bonds is 2. The van der Waals surface area contributed by atoms with Gasteiger partial charge in [0.2, 0.25) is 0 Å². The first-order chi connectivity index (χ1) is 7.29. The third-order valence-electron chi connectivity index (χ3n) is 2.85. The Kier molecular flexibility index (Phi) is 3.62. The highest BCUT2D eigenvalue weighted by atomic mass is 35.5. The zero-order valence-corrected chi connectivity index (χ0v) is 9.41. The highest BCUT2D eigenvalue weighted by molar-refractivity contribution is 6.30. The fraction of sp³-hybridized carbons (Fsp3) is 0.500. The van der Waals surface area contributed by atoms with E-state index >= 15 is 0 Å². The molecule has 2 rings (SSSR count). The molecule has 82 valence electrons. The highest BCUT2D eigenvalue weighted by Gasteiger charge is 2.22. The van der Waals surface area contributed by atoms with Gasteiger partial charge in [-0.3, -0.25) is 0 Å². The molecule has 0 saturated carbocycles. The standard InChI is InChI=1S/C12H16ClNO/c13-10-6-4-9(5-7-10)12-3-1-2-11(8-14)15-12/h4-7,11-12H,1-3,8,14H2/t11-,12+/m0/s1. The molecule has 1 aliphatic rings. The van der Waals surface area contributed by atoms with E-state index in [0.29, 0.717) is 6.54 Å². The Morgan fingerprint density at radius 3 is 2.67 bits per heavy atom. The zero-order chi connectivity index (χ0) is 10.7. The summed E-state index contributed by atoms with van der Waals surface area (Å²) in [5.74, 6) is 0. The molecule has 3 heteroatoms. The fourth-order valence-corrected chi connectivity index (χ4v) is 2.12. The highest BCUT2D eigenvalue weighted by Crippen LogP contribution is 2.31. The topological polar surface area (TPSA) is 35.2 Å². The van der Waals surface area contributed by atoms with Crippen LogP contribution in [0.2, 0.25) is 5.02 Å². The van der Waals surface area contributed by atoms with E-state index < -0.39 is 0 Å². The molecule has 1 saturated heterocycles. The van der Waals surface area contributed by atoms with Crippen LogP contribution < -0.4 is 5.73 Å². The van der Waals surface area contributed by atoms with Crippen molar-refractivity contribution in [2.45, 2.75) is 31.5 Å². The first-order valence-electron chi connectivity index (χ1n) is 5.40. The molecule has 0 radical (unpaired) electrons. The maximum absolute atomic E-state index is 5.89. The maximum atomic E-state index is 5.89. The minimum Gasteiger partial charge on any atom is -0.369 e. The van der Waals surface area contributed by atoms with Crippen LogP contribution in [0.3, 0.4) is 0 Å². The lowest BCUT2D eigenvalue weighted by Crippen LogP contribution is -2.29. The molecule has 0 aromatic heterocycles. The van der Waals surface area contributed by atoms with E-state index in [-0.39, 0.29) is 12.2 Å². The van der Waals surface area contributed by atoms with Crippen LogP contribution in [-0.4, -0.2) is 12.6 Å². The van der Waals surface area contributed by atoms with E-state index in [1.165, 1.54) is 12.0 Å². The summed E-state index contributed by atoms with van der Waals surface area (Å²) >= 11 is 5.85. The lowest BCUT2D eigenvalue weighted by atomic mass is 9.98. The second-order valence-electron chi connectivity index (χ2n) is 3.96. The Morgan fingerprint density at radius 1 is 1.27 bits per heavy atom. The Hall–Kier alpha value is -0.570. The summed E-state index contributed by atoms with van der Waals surface area (Å²) in [6.45, 7) is 0.615. The Labute approximate surface area is 95.4 Å². The number of benzene rings is 1. The lowest BCUT2D eigenvalue weighted by molar-refractivity contribution is -0.0461. The molecule has 1 aromatic rings. The van der Waals surface area contributed by atoms with Crippen molar-refractivity contribution in [2.75, 3.05) is 6.54 Å². The Bertz CT molecular complexity index is 312.